The monoisotopic (exact) mass is 490 g/mol. The summed E-state index contributed by atoms with van der Waals surface area (Å²) in [5, 5.41) is 0. The maximum Gasteiger partial charge on any atom is 0.242 e. The fourth-order valence-electron chi connectivity index (χ4n) is 3.94. The summed E-state index contributed by atoms with van der Waals surface area (Å²) in [6.45, 7) is 5.80. The number of rotatable bonds is 8. The van der Waals surface area contributed by atoms with Gasteiger partial charge in [0.25, 0.3) is 0 Å². The number of urea groups is 1. The molecule has 184 valence electrons. The van der Waals surface area contributed by atoms with Crippen molar-refractivity contribution < 1.29 is 26.6 Å². The zero-order valence-corrected chi connectivity index (χ0v) is 20.4. The standard InChI is InChI=1S/C21H29N4O2.C5H5.Fe/c1-27-20-11-5-4-10-19(20)24-16-14-23(15-17-24)12-6-7-13-25(21(22)26)18-8-2-3-9-18;1-2-4-5-3-1;/h2-5,8-11H,6-7,12-17H2,1H3,(H2,22,26);1-5H;/q-1;-5;. The second-order valence-electron chi connectivity index (χ2n) is 7.80. The molecule has 1 heterocycles. The van der Waals surface area contributed by atoms with Crippen molar-refractivity contribution in [1.29, 1.82) is 0 Å². The van der Waals surface area contributed by atoms with E-state index >= 15 is 0 Å². The number of methoxy groups -OCH3 is 1. The summed E-state index contributed by atoms with van der Waals surface area (Å²) in [7, 11) is 1.72. The van der Waals surface area contributed by atoms with Gasteiger partial charge in [-0.05, 0) is 37.2 Å². The number of carbonyl (C=O) groups is 1. The van der Waals surface area contributed by atoms with E-state index < -0.39 is 0 Å². The number of hydrogen-bond donors (Lipinski definition) is 1. The number of anilines is 2. The molecule has 1 fully saturated rings. The van der Waals surface area contributed by atoms with Crippen molar-refractivity contribution in [1.82, 2.24) is 4.90 Å². The maximum absolute atomic E-state index is 11.6. The minimum Gasteiger partial charge on any atom is -0.748 e. The van der Waals surface area contributed by atoms with E-state index in [1.807, 2.05) is 66.7 Å². The average molecular weight is 490 g/mol. The number of nitrogens with two attached hydrogens (primary N) is 1. The Morgan fingerprint density at radius 1 is 1.00 bits per heavy atom. The molecule has 3 aromatic rings. The molecule has 0 unspecified atom stereocenters. The zero-order valence-electron chi connectivity index (χ0n) is 19.3. The number of amides is 2. The Bertz CT molecular complexity index is 874. The molecule has 1 aliphatic heterocycles. The Balaban J connectivity index is 0.000000568. The molecular formula is C26H34FeN4O2-6. The number of ether oxygens (including phenoxy) is 1. The van der Waals surface area contributed by atoms with Crippen LogP contribution in [-0.2, 0) is 17.1 Å². The fraction of sp³-hybridized carbons (Fsp3) is 0.346. The normalized spacial score (nSPS) is 13.4. The van der Waals surface area contributed by atoms with E-state index in [2.05, 4.69) is 21.9 Å². The molecule has 0 bridgehead atoms. The number of hydrogen-bond acceptors (Lipinski definition) is 4. The van der Waals surface area contributed by atoms with Crippen molar-refractivity contribution >= 4 is 17.4 Å². The van der Waals surface area contributed by atoms with E-state index in [0.717, 1.165) is 57.0 Å². The molecule has 0 aliphatic carbocycles. The Labute approximate surface area is 208 Å². The van der Waals surface area contributed by atoms with Crippen LogP contribution >= 0.6 is 0 Å². The number of primary amides is 1. The van der Waals surface area contributed by atoms with Crippen LogP contribution in [0.3, 0.4) is 0 Å². The molecule has 2 N–H and O–H groups in total. The molecule has 1 saturated heterocycles. The second-order valence-corrected chi connectivity index (χ2v) is 7.80. The maximum atomic E-state index is 11.6. The Kier molecular flexibility index (Phi) is 11.6. The number of nitrogens with zero attached hydrogens (tertiary/aromatic N) is 3. The number of para-hydroxylation sites is 2. The summed E-state index contributed by atoms with van der Waals surface area (Å²) in [6.07, 6.45) is 2.00. The molecule has 0 atom stereocenters. The summed E-state index contributed by atoms with van der Waals surface area (Å²) in [5.74, 6) is 0.935. The molecule has 0 spiro atoms. The molecule has 0 aromatic heterocycles. The number of benzene rings is 1. The van der Waals surface area contributed by atoms with Crippen LogP contribution < -0.4 is 20.3 Å². The topological polar surface area (TPSA) is 62.0 Å². The van der Waals surface area contributed by atoms with Gasteiger partial charge in [0, 0.05) is 49.8 Å². The van der Waals surface area contributed by atoms with Crippen LogP contribution in [0.2, 0.25) is 0 Å². The van der Waals surface area contributed by atoms with E-state index in [4.69, 9.17) is 10.5 Å². The first-order valence-electron chi connectivity index (χ1n) is 11.2. The van der Waals surface area contributed by atoms with Gasteiger partial charge in [0.1, 0.15) is 5.75 Å². The van der Waals surface area contributed by atoms with Crippen LogP contribution in [0, 0.1) is 0 Å². The predicted molar refractivity (Wildman–Crippen MR) is 132 cm³/mol. The van der Waals surface area contributed by atoms with E-state index in [-0.39, 0.29) is 23.1 Å². The first-order valence-corrected chi connectivity index (χ1v) is 11.2. The smallest absolute Gasteiger partial charge is 0.242 e. The largest absolute Gasteiger partial charge is 0.748 e. The van der Waals surface area contributed by atoms with Crippen LogP contribution in [0.5, 0.6) is 5.75 Å². The minimum absolute atomic E-state index is 0. The molecule has 2 amide bonds. The average Bonchev–Trinajstić information content (AvgIpc) is 3.56. The molecule has 1 aliphatic rings. The van der Waals surface area contributed by atoms with Crippen LogP contribution in [0.1, 0.15) is 12.8 Å². The van der Waals surface area contributed by atoms with Crippen molar-refractivity contribution in [3.63, 3.8) is 0 Å². The van der Waals surface area contributed by atoms with Crippen molar-refractivity contribution in [2.75, 3.05) is 56.2 Å². The van der Waals surface area contributed by atoms with Gasteiger partial charge in [0.15, 0.2) is 0 Å². The van der Waals surface area contributed by atoms with Crippen LogP contribution in [0.4, 0.5) is 16.2 Å². The fourth-order valence-corrected chi connectivity index (χ4v) is 3.94. The van der Waals surface area contributed by atoms with Gasteiger partial charge in [-0.2, -0.15) is 12.1 Å². The van der Waals surface area contributed by atoms with Gasteiger partial charge in [-0.3, -0.25) is 4.90 Å². The minimum atomic E-state index is -0.383. The molecule has 6 nitrogen and oxygen atoms in total. The molecule has 33 heavy (non-hydrogen) atoms. The SMILES string of the molecule is COc1ccccc1N1CCN(CCCCN(C(N)=O)[c-]2cccc2)CC1.[Fe].[cH-]1[cH-][cH-][cH-][cH-]1. The summed E-state index contributed by atoms with van der Waals surface area (Å²) >= 11 is 0. The first kappa shape index (κ1) is 26.5. The predicted octanol–water partition coefficient (Wildman–Crippen LogP) is 4.30. The third-order valence-electron chi connectivity index (χ3n) is 5.68. The Morgan fingerprint density at radius 3 is 2.18 bits per heavy atom. The van der Waals surface area contributed by atoms with Gasteiger partial charge in [-0.25, -0.2) is 0 Å². The third kappa shape index (κ3) is 8.28. The summed E-state index contributed by atoms with van der Waals surface area (Å²) in [5.41, 5.74) is 7.56. The summed E-state index contributed by atoms with van der Waals surface area (Å²) in [6, 6.07) is 25.5. The number of piperazine rings is 1. The third-order valence-corrected chi connectivity index (χ3v) is 5.68. The zero-order chi connectivity index (χ0) is 22.6. The second kappa shape index (κ2) is 14.4. The van der Waals surface area contributed by atoms with Gasteiger partial charge in [-0.15, -0.1) is 12.1 Å². The van der Waals surface area contributed by atoms with Crippen molar-refractivity contribution in [2.45, 2.75) is 12.8 Å². The van der Waals surface area contributed by atoms with Crippen molar-refractivity contribution in [3.05, 3.63) is 78.9 Å². The van der Waals surface area contributed by atoms with E-state index in [1.54, 1.807) is 12.0 Å². The van der Waals surface area contributed by atoms with Crippen LogP contribution in [-0.4, -0.2) is 57.3 Å². The van der Waals surface area contributed by atoms with Crippen LogP contribution in [0.15, 0.2) is 78.9 Å². The molecule has 4 rings (SSSR count). The Morgan fingerprint density at radius 2 is 1.61 bits per heavy atom. The molecule has 0 radical (unpaired) electrons. The molecular weight excluding hydrogens is 456 g/mol. The quantitative estimate of drug-likeness (QED) is 0.291. The van der Waals surface area contributed by atoms with Gasteiger partial charge >= 0.3 is 0 Å². The molecule has 0 saturated carbocycles. The van der Waals surface area contributed by atoms with Gasteiger partial charge < -0.3 is 55.4 Å². The molecule has 3 aromatic carbocycles. The number of carbonyl (C=O) groups excluding carboxylic acids is 1. The van der Waals surface area contributed by atoms with Gasteiger partial charge in [-0.1, -0.05) is 12.1 Å². The van der Waals surface area contributed by atoms with E-state index in [1.165, 1.54) is 5.69 Å². The molecule has 7 heteroatoms. The van der Waals surface area contributed by atoms with Gasteiger partial charge in [0.05, 0.1) is 12.8 Å². The van der Waals surface area contributed by atoms with Crippen molar-refractivity contribution in [3.8, 4) is 5.75 Å². The van der Waals surface area contributed by atoms with Crippen LogP contribution in [0.25, 0.3) is 0 Å². The summed E-state index contributed by atoms with van der Waals surface area (Å²) < 4.78 is 5.48. The summed E-state index contributed by atoms with van der Waals surface area (Å²) in [4.78, 5) is 18.2. The van der Waals surface area contributed by atoms with Crippen molar-refractivity contribution in [2.24, 2.45) is 5.73 Å². The Hall–Kier alpha value is -2.73. The van der Waals surface area contributed by atoms with E-state index in [0.29, 0.717) is 6.54 Å². The van der Waals surface area contributed by atoms with Gasteiger partial charge in [0.2, 0.25) is 6.03 Å². The number of unbranched alkanes of at least 4 members (excludes halogenated alkanes) is 1. The first-order chi connectivity index (χ1) is 15.7. The van der Waals surface area contributed by atoms with E-state index in [9.17, 15) is 4.79 Å².